The molecule has 0 heteroatoms. The van der Waals surface area contributed by atoms with Gasteiger partial charge in [-0.1, -0.05) is 42.5 Å². The van der Waals surface area contributed by atoms with Crippen molar-refractivity contribution in [2.45, 2.75) is 40.0 Å². The van der Waals surface area contributed by atoms with Crippen LogP contribution in [0.1, 0.15) is 42.9 Å². The van der Waals surface area contributed by atoms with E-state index in [0.29, 0.717) is 0 Å². The highest BCUT2D eigenvalue weighted by Crippen LogP contribution is 2.37. The van der Waals surface area contributed by atoms with E-state index in [-0.39, 0.29) is 0 Å². The summed E-state index contributed by atoms with van der Waals surface area (Å²) >= 11 is 0. The molecule has 0 heterocycles. The van der Waals surface area contributed by atoms with E-state index in [9.17, 15) is 0 Å². The molecule has 2 rings (SSSR count). The van der Waals surface area contributed by atoms with Crippen molar-refractivity contribution in [2.24, 2.45) is 0 Å². The zero-order valence-electron chi connectivity index (χ0n) is 11.7. The fourth-order valence-electron chi connectivity index (χ4n) is 2.81. The van der Waals surface area contributed by atoms with Crippen molar-refractivity contribution in [3.8, 4) is 0 Å². The van der Waals surface area contributed by atoms with Gasteiger partial charge in [-0.2, -0.15) is 0 Å². The van der Waals surface area contributed by atoms with E-state index in [0.717, 1.165) is 0 Å². The number of rotatable bonds is 3. The molecule has 0 atom stereocenters. The average molecular weight is 238 g/mol. The molecule has 0 fully saturated rings. The van der Waals surface area contributed by atoms with Gasteiger partial charge in [0, 0.05) is 0 Å². The third kappa shape index (κ3) is 2.48. The minimum Gasteiger partial charge on any atom is -0.0909 e. The zero-order chi connectivity index (χ0) is 13.1. The highest BCUT2D eigenvalue weighted by molar-refractivity contribution is 5.81. The molecule has 1 aliphatic carbocycles. The fraction of sp³-hybridized carbons (Fsp3) is 0.333. The van der Waals surface area contributed by atoms with Crippen LogP contribution in [0.15, 0.2) is 48.1 Å². The second-order valence-electron chi connectivity index (χ2n) is 5.15. The molecular formula is C18H22. The van der Waals surface area contributed by atoms with Crippen LogP contribution >= 0.6 is 0 Å². The van der Waals surface area contributed by atoms with Gasteiger partial charge in [0.05, 0.1) is 0 Å². The molecule has 94 valence electrons. The van der Waals surface area contributed by atoms with Crippen LogP contribution in [-0.2, 0) is 0 Å². The first-order valence-electron chi connectivity index (χ1n) is 6.75. The summed E-state index contributed by atoms with van der Waals surface area (Å²) in [7, 11) is 0. The summed E-state index contributed by atoms with van der Waals surface area (Å²) < 4.78 is 0. The Morgan fingerprint density at radius 1 is 1.22 bits per heavy atom. The lowest BCUT2D eigenvalue weighted by molar-refractivity contribution is 0.907. The van der Waals surface area contributed by atoms with Crippen molar-refractivity contribution in [3.63, 3.8) is 0 Å². The van der Waals surface area contributed by atoms with Crippen LogP contribution in [0.25, 0.3) is 5.57 Å². The predicted octanol–water partition coefficient (Wildman–Crippen LogP) is 5.37. The van der Waals surface area contributed by atoms with Crippen LogP contribution in [0.3, 0.4) is 0 Å². The van der Waals surface area contributed by atoms with E-state index in [4.69, 9.17) is 0 Å². The molecule has 0 saturated heterocycles. The van der Waals surface area contributed by atoms with Gasteiger partial charge in [-0.05, 0) is 67.9 Å². The normalized spacial score (nSPS) is 15.7. The van der Waals surface area contributed by atoms with Gasteiger partial charge in [0.2, 0.25) is 0 Å². The fourth-order valence-corrected chi connectivity index (χ4v) is 2.81. The molecule has 0 unspecified atom stereocenters. The lowest BCUT2D eigenvalue weighted by Gasteiger charge is -2.12. The van der Waals surface area contributed by atoms with Crippen molar-refractivity contribution < 1.29 is 0 Å². The molecule has 0 N–H and O–H groups in total. The molecule has 1 aromatic rings. The number of aryl methyl sites for hydroxylation is 2. The van der Waals surface area contributed by atoms with Crippen molar-refractivity contribution in [1.29, 1.82) is 0 Å². The van der Waals surface area contributed by atoms with Gasteiger partial charge in [-0.3, -0.25) is 0 Å². The Bertz CT molecular complexity index is 527. The van der Waals surface area contributed by atoms with Crippen molar-refractivity contribution in [1.82, 2.24) is 0 Å². The topological polar surface area (TPSA) is 0 Å². The summed E-state index contributed by atoms with van der Waals surface area (Å²) in [5.41, 5.74) is 8.11. The first kappa shape index (κ1) is 12.9. The summed E-state index contributed by atoms with van der Waals surface area (Å²) in [5, 5.41) is 0. The minimum atomic E-state index is 1.17. The minimum absolute atomic E-state index is 1.17. The number of benzene rings is 1. The first-order valence-corrected chi connectivity index (χ1v) is 6.75. The molecule has 0 saturated carbocycles. The van der Waals surface area contributed by atoms with Crippen LogP contribution in [-0.4, -0.2) is 0 Å². The molecular weight excluding hydrogens is 216 g/mol. The highest BCUT2D eigenvalue weighted by Gasteiger charge is 2.16. The van der Waals surface area contributed by atoms with Gasteiger partial charge in [-0.25, -0.2) is 0 Å². The van der Waals surface area contributed by atoms with Crippen LogP contribution in [0.2, 0.25) is 0 Å². The smallest absolute Gasteiger partial charge is 0.0158 e. The number of hydrogen-bond donors (Lipinski definition) is 0. The quantitative estimate of drug-likeness (QED) is 0.663. The van der Waals surface area contributed by atoms with Crippen molar-refractivity contribution in [3.05, 3.63) is 64.8 Å². The van der Waals surface area contributed by atoms with E-state index in [1.165, 1.54) is 52.7 Å². The largest absolute Gasteiger partial charge is 0.0909 e. The van der Waals surface area contributed by atoms with Crippen LogP contribution < -0.4 is 0 Å². The predicted molar refractivity (Wildman–Crippen MR) is 80.6 cm³/mol. The SMILES string of the molecule is C=C(C1=C(/C=C\C)CCC1)c1ccc(C)cc1C. The van der Waals surface area contributed by atoms with Gasteiger partial charge < -0.3 is 0 Å². The van der Waals surface area contributed by atoms with Gasteiger partial charge in [0.25, 0.3) is 0 Å². The molecule has 18 heavy (non-hydrogen) atoms. The molecule has 1 aliphatic rings. The van der Waals surface area contributed by atoms with Gasteiger partial charge in [-0.15, -0.1) is 0 Å². The third-order valence-electron chi connectivity index (χ3n) is 3.70. The van der Waals surface area contributed by atoms with Gasteiger partial charge in [0.1, 0.15) is 0 Å². The highest BCUT2D eigenvalue weighted by atomic mass is 14.2. The lowest BCUT2D eigenvalue weighted by atomic mass is 9.92. The van der Waals surface area contributed by atoms with Crippen LogP contribution in [0.5, 0.6) is 0 Å². The molecule has 1 aromatic carbocycles. The second-order valence-corrected chi connectivity index (χ2v) is 5.15. The standard InChI is InChI=1S/C18H22/c1-5-7-16-8-6-9-18(16)15(4)17-11-10-13(2)12-14(17)3/h5,7,10-12H,4,6,8-9H2,1-3H3/b7-5-. The Kier molecular flexibility index (Phi) is 3.86. The van der Waals surface area contributed by atoms with Crippen LogP contribution in [0, 0.1) is 13.8 Å². The third-order valence-corrected chi connectivity index (χ3v) is 3.70. The molecule has 0 radical (unpaired) electrons. The maximum atomic E-state index is 4.34. The summed E-state index contributed by atoms with van der Waals surface area (Å²) in [6, 6.07) is 6.63. The van der Waals surface area contributed by atoms with Gasteiger partial charge >= 0.3 is 0 Å². The Morgan fingerprint density at radius 3 is 2.67 bits per heavy atom. The average Bonchev–Trinajstić information content (AvgIpc) is 2.77. The molecule has 0 amide bonds. The molecule has 0 bridgehead atoms. The Morgan fingerprint density at radius 2 is 2.00 bits per heavy atom. The molecule has 0 aromatic heterocycles. The Labute approximate surface area is 111 Å². The monoisotopic (exact) mass is 238 g/mol. The van der Waals surface area contributed by atoms with E-state index in [2.05, 4.69) is 57.7 Å². The summed E-state index contributed by atoms with van der Waals surface area (Å²) in [4.78, 5) is 0. The number of hydrogen-bond acceptors (Lipinski definition) is 0. The zero-order valence-corrected chi connectivity index (χ0v) is 11.7. The molecule has 0 spiro atoms. The Hall–Kier alpha value is -1.56. The van der Waals surface area contributed by atoms with E-state index in [1.54, 1.807) is 0 Å². The van der Waals surface area contributed by atoms with Crippen molar-refractivity contribution >= 4 is 5.57 Å². The maximum absolute atomic E-state index is 4.34. The number of allylic oxidation sites excluding steroid dienone is 5. The second kappa shape index (κ2) is 5.39. The summed E-state index contributed by atoms with van der Waals surface area (Å²) in [6.07, 6.45) is 8.02. The first-order chi connectivity index (χ1) is 8.63. The van der Waals surface area contributed by atoms with Crippen molar-refractivity contribution in [2.75, 3.05) is 0 Å². The lowest BCUT2D eigenvalue weighted by Crippen LogP contribution is -1.92. The molecule has 0 nitrogen and oxygen atoms in total. The summed E-state index contributed by atoms with van der Waals surface area (Å²) in [5.74, 6) is 0. The maximum Gasteiger partial charge on any atom is -0.0158 e. The van der Waals surface area contributed by atoms with Gasteiger partial charge in [0.15, 0.2) is 0 Å². The van der Waals surface area contributed by atoms with E-state index >= 15 is 0 Å². The summed E-state index contributed by atoms with van der Waals surface area (Å²) in [6.45, 7) is 10.7. The Balaban J connectivity index is 2.39. The van der Waals surface area contributed by atoms with Crippen LogP contribution in [0.4, 0.5) is 0 Å². The van der Waals surface area contributed by atoms with E-state index in [1.807, 2.05) is 0 Å². The van der Waals surface area contributed by atoms with E-state index < -0.39 is 0 Å². The molecule has 0 aliphatic heterocycles.